The van der Waals surface area contributed by atoms with E-state index in [-0.39, 0.29) is 17.0 Å². The molecule has 5 aliphatic heterocycles. The summed E-state index contributed by atoms with van der Waals surface area (Å²) in [4.78, 5) is 62.0. The van der Waals surface area contributed by atoms with E-state index >= 15 is 9.59 Å². The summed E-state index contributed by atoms with van der Waals surface area (Å²) in [6.45, 7) is 20.1. The van der Waals surface area contributed by atoms with Crippen LogP contribution in [0, 0.1) is 11.3 Å². The maximum absolute atomic E-state index is 16.0. The van der Waals surface area contributed by atoms with Crippen molar-refractivity contribution in [2.24, 2.45) is 16.3 Å². The molecule has 14 heteroatoms. The number of H-pyrrole nitrogens is 1. The van der Waals surface area contributed by atoms with Crippen LogP contribution in [0.15, 0.2) is 120 Å². The zero-order valence-corrected chi connectivity index (χ0v) is 48.6. The molecule has 0 radical (unpaired) electrons. The highest BCUT2D eigenvalue weighted by Crippen LogP contribution is 2.69. The van der Waals surface area contributed by atoms with Gasteiger partial charge in [-0.2, -0.15) is 0 Å². The van der Waals surface area contributed by atoms with E-state index in [9.17, 15) is 4.79 Å². The molecule has 13 nitrogen and oxygen atoms in total. The SMILES string of the molecule is CCC1=C[C@H]2CN(C1)Cc1c([nH]c3ccc(N=C(c4ccccc4)c4ccccc4)cc13)[C@@](C(=O)OC)(c1cc3c(cc1OC)N(C)[C@H]1[C@@](O[Si](C)(C)C(C)(C)C)(C(=O)OC)[C@H](OC(C)=O)[C@]4(CC)C=CCN5CC[C@]31[C@@H]54)C2. The average Bonchev–Trinajstić information content (AvgIpc) is 1.88. The molecule has 9 atom stereocenters. The standard InChI is InChI=1S/C64H77N5O8Si/c1-13-41-32-42-36-63(58(71)74-9,54-47(39-68(37-41)38-42)46-33-45(26-27-50(46)66-54)65-53(43-22-17-15-18-23-43)44-24-19-16-20-25-44)49-34-48-51(35-52(49)73-8)67(7)56-62(48)29-31-69-30-21-28-61(14-2,55(62)69)57(76-40(3)70)64(56,59(72)75-10)77-78(11,12)60(4,5)6/h15-28,32-35,42,55-57,66H,13-14,29-31,36-39H2,1-12H3/t42-,55+,56-,57-,61-,62-,63+,64+/m1/s1. The third kappa shape index (κ3) is 7.84. The van der Waals surface area contributed by atoms with Crippen LogP contribution in [0.5, 0.6) is 5.75 Å². The van der Waals surface area contributed by atoms with E-state index in [0.29, 0.717) is 50.2 Å². The number of aromatic amines is 1. The van der Waals surface area contributed by atoms with Gasteiger partial charge in [-0.15, -0.1) is 0 Å². The summed E-state index contributed by atoms with van der Waals surface area (Å²) >= 11 is 0. The number of aliphatic imine (C=N–C) groups is 1. The second-order valence-corrected chi connectivity index (χ2v) is 29.1. The number of benzene rings is 4. The minimum Gasteiger partial charge on any atom is -0.496 e. The van der Waals surface area contributed by atoms with E-state index in [4.69, 9.17) is 28.4 Å². The molecule has 1 aliphatic carbocycles. The van der Waals surface area contributed by atoms with Gasteiger partial charge in [-0.05, 0) is 91.7 Å². The lowest BCUT2D eigenvalue weighted by atomic mass is 9.47. The van der Waals surface area contributed by atoms with Crippen molar-refractivity contribution in [2.45, 2.75) is 127 Å². The van der Waals surface area contributed by atoms with E-state index in [1.54, 1.807) is 7.11 Å². The van der Waals surface area contributed by atoms with Crippen LogP contribution in [-0.2, 0) is 50.4 Å². The Labute approximate surface area is 461 Å². The van der Waals surface area contributed by atoms with E-state index in [1.807, 2.05) is 49.5 Å². The number of methoxy groups -OCH3 is 3. The van der Waals surface area contributed by atoms with Crippen molar-refractivity contribution in [3.63, 3.8) is 0 Å². The molecule has 78 heavy (non-hydrogen) atoms. The van der Waals surface area contributed by atoms with Crippen molar-refractivity contribution in [1.82, 2.24) is 14.8 Å². The van der Waals surface area contributed by atoms with Crippen molar-refractivity contribution in [3.05, 3.63) is 148 Å². The molecule has 1 N–H and O–H groups in total. The highest BCUT2D eigenvalue weighted by molar-refractivity contribution is 6.74. The molecule has 6 aliphatic rings. The minimum absolute atomic E-state index is 0.0271. The zero-order valence-electron chi connectivity index (χ0n) is 47.6. The summed E-state index contributed by atoms with van der Waals surface area (Å²) in [7, 11) is 3.67. The van der Waals surface area contributed by atoms with Crippen LogP contribution in [0.1, 0.15) is 101 Å². The molecule has 1 saturated heterocycles. The second kappa shape index (κ2) is 19.5. The van der Waals surface area contributed by atoms with Gasteiger partial charge in [0.1, 0.15) is 11.2 Å². The van der Waals surface area contributed by atoms with Gasteiger partial charge in [0.2, 0.25) is 5.60 Å². The van der Waals surface area contributed by atoms with Gasteiger partial charge in [0, 0.05) is 102 Å². The van der Waals surface area contributed by atoms with Crippen LogP contribution in [0.4, 0.5) is 11.4 Å². The number of nitrogens with zero attached hydrogens (tertiary/aromatic N) is 4. The smallest absolute Gasteiger partial charge is 0.343 e. The van der Waals surface area contributed by atoms with Crippen molar-refractivity contribution in [3.8, 4) is 5.75 Å². The predicted octanol–water partition coefficient (Wildman–Crippen LogP) is 11.0. The molecule has 6 heterocycles. The first-order valence-electron chi connectivity index (χ1n) is 28.0. The van der Waals surface area contributed by atoms with E-state index < -0.39 is 60.2 Å². The molecule has 410 valence electrons. The summed E-state index contributed by atoms with van der Waals surface area (Å²) in [5.74, 6) is -0.972. The summed E-state index contributed by atoms with van der Waals surface area (Å²) in [6, 6.07) is 30.2. The first-order chi connectivity index (χ1) is 37.3. The van der Waals surface area contributed by atoms with E-state index in [1.165, 1.54) is 26.7 Å². The van der Waals surface area contributed by atoms with Crippen molar-refractivity contribution in [1.29, 1.82) is 0 Å². The Hall–Kier alpha value is -6.32. The van der Waals surface area contributed by atoms with Gasteiger partial charge >= 0.3 is 17.9 Å². The molecular weight excluding hydrogens is 995 g/mol. The molecule has 2 fully saturated rings. The summed E-state index contributed by atoms with van der Waals surface area (Å²) in [5.41, 5.74) is 5.20. The number of aromatic nitrogens is 1. The lowest BCUT2D eigenvalue weighted by Gasteiger charge is -2.66. The van der Waals surface area contributed by atoms with Crippen LogP contribution in [0.2, 0.25) is 18.1 Å². The normalized spacial score (nSPS) is 29.0. The first kappa shape index (κ1) is 53.7. The van der Waals surface area contributed by atoms with Crippen LogP contribution < -0.4 is 9.64 Å². The molecule has 4 aromatic carbocycles. The lowest BCUT2D eigenvalue weighted by molar-refractivity contribution is -0.224. The van der Waals surface area contributed by atoms with Crippen LogP contribution >= 0.6 is 0 Å². The maximum atomic E-state index is 16.0. The fourth-order valence-electron chi connectivity index (χ4n) is 15.3. The lowest BCUT2D eigenvalue weighted by Crippen LogP contribution is -2.83. The number of anilines is 1. The quantitative estimate of drug-likeness (QED) is 0.0421. The number of nitrogens with one attached hydrogen (secondary N) is 1. The number of ether oxygens (including phenoxy) is 4. The fourth-order valence-corrected chi connectivity index (χ4v) is 16.7. The minimum atomic E-state index is -2.95. The molecule has 0 amide bonds. The maximum Gasteiger partial charge on any atom is 0.343 e. The van der Waals surface area contributed by atoms with Crippen molar-refractivity contribution >= 4 is 54.2 Å². The monoisotopic (exact) mass is 1070 g/mol. The Balaban J connectivity index is 1.20. The molecule has 1 aromatic heterocycles. The van der Waals surface area contributed by atoms with E-state index in [2.05, 4.69) is 134 Å². The van der Waals surface area contributed by atoms with Crippen LogP contribution in [0.25, 0.3) is 10.9 Å². The van der Waals surface area contributed by atoms with Gasteiger partial charge in [0.05, 0.1) is 38.8 Å². The van der Waals surface area contributed by atoms with Gasteiger partial charge in [-0.25, -0.2) is 9.79 Å². The van der Waals surface area contributed by atoms with Crippen LogP contribution in [0.3, 0.4) is 0 Å². The Bertz CT molecular complexity index is 3250. The molecule has 1 spiro atoms. The largest absolute Gasteiger partial charge is 0.496 e. The molecule has 2 bridgehead atoms. The Morgan fingerprint density at radius 2 is 1.55 bits per heavy atom. The molecule has 5 aromatic rings. The topological polar surface area (TPSA) is 135 Å². The third-order valence-electron chi connectivity index (χ3n) is 19.4. The summed E-state index contributed by atoms with van der Waals surface area (Å²) in [5, 5.41) is 0.623. The number of carbonyl (C=O) groups is 3. The number of hydrogen-bond donors (Lipinski definition) is 1. The van der Waals surface area contributed by atoms with Gasteiger partial charge in [-0.1, -0.05) is 119 Å². The predicted molar refractivity (Wildman–Crippen MR) is 308 cm³/mol. The highest BCUT2D eigenvalue weighted by atomic mass is 28.4. The number of fused-ring (bicyclic) bond motifs is 6. The number of carbonyl (C=O) groups excluding carboxylic acids is 3. The molecular formula is C64H77N5O8Si. The van der Waals surface area contributed by atoms with Gasteiger partial charge in [-0.3, -0.25) is 19.4 Å². The average molecular weight is 1070 g/mol. The first-order valence-corrected chi connectivity index (χ1v) is 30.9. The fraction of sp³-hybridized carbons (Fsp3) is 0.469. The molecule has 1 saturated carbocycles. The Kier molecular flexibility index (Phi) is 13.4. The highest BCUT2D eigenvalue weighted by Gasteiger charge is 2.82. The summed E-state index contributed by atoms with van der Waals surface area (Å²) in [6.07, 6.45) is 8.19. The van der Waals surface area contributed by atoms with Crippen LogP contribution in [-0.4, -0.2) is 125 Å². The Morgan fingerprint density at radius 3 is 2.17 bits per heavy atom. The van der Waals surface area contributed by atoms with Gasteiger partial charge < -0.3 is 33.3 Å². The third-order valence-corrected chi connectivity index (χ3v) is 23.8. The molecule has 11 rings (SSSR count). The van der Waals surface area contributed by atoms with Crippen molar-refractivity contribution < 1.29 is 37.8 Å². The Morgan fingerprint density at radius 1 is 0.859 bits per heavy atom. The number of esters is 3. The van der Waals surface area contributed by atoms with Crippen molar-refractivity contribution in [2.75, 3.05) is 59.5 Å². The number of rotatable bonds is 12. The zero-order chi connectivity index (χ0) is 55.3. The number of likely N-dealkylation sites (N-methyl/N-ethyl adjacent to an activating group) is 1. The van der Waals surface area contributed by atoms with E-state index in [0.717, 1.165) is 75.4 Å². The summed E-state index contributed by atoms with van der Waals surface area (Å²) < 4.78 is 33.4. The number of hydrogen-bond acceptors (Lipinski definition) is 12. The second-order valence-electron chi connectivity index (χ2n) is 24.4. The van der Waals surface area contributed by atoms with Gasteiger partial charge in [0.15, 0.2) is 14.4 Å². The molecule has 1 unspecified atom stereocenters. The van der Waals surface area contributed by atoms with Gasteiger partial charge in [0.25, 0.3) is 0 Å².